The smallest absolute Gasteiger partial charge is 0.180 e. The molecule has 3 aromatic carbocycles. The van der Waals surface area contributed by atoms with Gasteiger partial charge in [0.1, 0.15) is 18.2 Å². The minimum atomic E-state index is -0.317. The Morgan fingerprint density at radius 2 is 1.90 bits per heavy atom. The summed E-state index contributed by atoms with van der Waals surface area (Å²) in [6.07, 6.45) is 0.781. The van der Waals surface area contributed by atoms with Crippen molar-refractivity contribution in [3.8, 4) is 11.5 Å². The molecule has 5 nitrogen and oxygen atoms in total. The van der Waals surface area contributed by atoms with Gasteiger partial charge in [0, 0.05) is 25.1 Å². The third-order valence-electron chi connectivity index (χ3n) is 4.93. The predicted molar refractivity (Wildman–Crippen MR) is 120 cm³/mol. The number of benzene rings is 3. The maximum absolute atomic E-state index is 13.8. The summed E-state index contributed by atoms with van der Waals surface area (Å²) in [7, 11) is 1.56. The first-order valence-corrected chi connectivity index (χ1v) is 10.4. The maximum Gasteiger partial charge on any atom is 0.180 e. The van der Waals surface area contributed by atoms with Crippen LogP contribution in [0.15, 0.2) is 60.7 Å². The van der Waals surface area contributed by atoms with Crippen LogP contribution in [0.4, 0.5) is 4.39 Å². The van der Waals surface area contributed by atoms with E-state index in [-0.39, 0.29) is 12.4 Å². The number of halogens is 2. The molecule has 4 rings (SSSR count). The van der Waals surface area contributed by atoms with Crippen LogP contribution in [-0.4, -0.2) is 23.6 Å². The van der Waals surface area contributed by atoms with E-state index in [4.69, 9.17) is 21.1 Å². The Hall–Kier alpha value is -3.09. The van der Waals surface area contributed by atoms with Crippen LogP contribution in [0.3, 0.4) is 0 Å². The van der Waals surface area contributed by atoms with Crippen molar-refractivity contribution >= 4 is 22.6 Å². The first-order chi connectivity index (χ1) is 15.1. The van der Waals surface area contributed by atoms with Crippen molar-refractivity contribution in [1.82, 2.24) is 15.3 Å². The first-order valence-electron chi connectivity index (χ1n) is 10.0. The predicted octanol–water partition coefficient (Wildman–Crippen LogP) is 5.28. The summed E-state index contributed by atoms with van der Waals surface area (Å²) < 4.78 is 25.0. The largest absolute Gasteiger partial charge is 0.493 e. The fourth-order valence-electron chi connectivity index (χ4n) is 3.34. The molecule has 0 amide bonds. The number of rotatable bonds is 9. The number of imidazole rings is 1. The molecule has 0 saturated carbocycles. The Balaban J connectivity index is 1.35. The van der Waals surface area contributed by atoms with E-state index in [1.165, 1.54) is 6.07 Å². The summed E-state index contributed by atoms with van der Waals surface area (Å²) in [5, 5.41) is 3.81. The molecule has 0 spiro atoms. The van der Waals surface area contributed by atoms with Gasteiger partial charge < -0.3 is 19.8 Å². The van der Waals surface area contributed by atoms with Gasteiger partial charge in [-0.15, -0.1) is 0 Å². The molecule has 0 aliphatic carbocycles. The number of aromatic nitrogens is 2. The monoisotopic (exact) mass is 439 g/mol. The van der Waals surface area contributed by atoms with Crippen LogP contribution in [0.5, 0.6) is 11.5 Å². The number of aromatic amines is 1. The number of hydrogen-bond donors (Lipinski definition) is 2. The molecule has 2 N–H and O–H groups in total. The zero-order valence-corrected chi connectivity index (χ0v) is 17.9. The zero-order chi connectivity index (χ0) is 21.6. The summed E-state index contributed by atoms with van der Waals surface area (Å²) in [4.78, 5) is 7.91. The number of methoxy groups -OCH3 is 1. The highest BCUT2D eigenvalue weighted by molar-refractivity contribution is 6.32. The zero-order valence-electron chi connectivity index (χ0n) is 17.1. The molecule has 4 aromatic rings. The van der Waals surface area contributed by atoms with Gasteiger partial charge in [-0.1, -0.05) is 41.9 Å². The van der Waals surface area contributed by atoms with Gasteiger partial charge in [-0.2, -0.15) is 0 Å². The molecule has 0 fully saturated rings. The fourth-order valence-corrected chi connectivity index (χ4v) is 3.63. The van der Waals surface area contributed by atoms with Gasteiger partial charge in [0.05, 0.1) is 23.2 Å². The third kappa shape index (κ3) is 5.16. The van der Waals surface area contributed by atoms with Crippen molar-refractivity contribution in [2.45, 2.75) is 19.6 Å². The Labute approximate surface area is 185 Å². The minimum absolute atomic E-state index is 0.0673. The molecule has 0 aliphatic rings. The van der Waals surface area contributed by atoms with Crippen molar-refractivity contribution in [3.05, 3.63) is 88.5 Å². The van der Waals surface area contributed by atoms with Gasteiger partial charge in [-0.25, -0.2) is 9.37 Å². The molecule has 0 unspecified atom stereocenters. The summed E-state index contributed by atoms with van der Waals surface area (Å²) in [6.45, 7) is 1.44. The summed E-state index contributed by atoms with van der Waals surface area (Å²) in [6, 6.07) is 18.2. The SMILES string of the molecule is COc1cc(CNCCc2nc3ccccc3[nH]2)cc(Cl)c1OCc1ccccc1F. The molecular weight excluding hydrogens is 417 g/mol. The molecule has 7 heteroatoms. The summed E-state index contributed by atoms with van der Waals surface area (Å²) in [5.41, 5.74) is 3.43. The second kappa shape index (κ2) is 9.81. The Bertz CT molecular complexity index is 1150. The van der Waals surface area contributed by atoms with Crippen LogP contribution in [0.2, 0.25) is 5.02 Å². The maximum atomic E-state index is 13.8. The van der Waals surface area contributed by atoms with Crippen LogP contribution in [0.1, 0.15) is 17.0 Å². The highest BCUT2D eigenvalue weighted by atomic mass is 35.5. The molecule has 1 heterocycles. The number of ether oxygens (including phenoxy) is 2. The van der Waals surface area contributed by atoms with Crippen LogP contribution in [0.25, 0.3) is 11.0 Å². The second-order valence-electron chi connectivity index (χ2n) is 7.12. The fraction of sp³-hybridized carbons (Fsp3) is 0.208. The highest BCUT2D eigenvalue weighted by Crippen LogP contribution is 2.37. The lowest BCUT2D eigenvalue weighted by Gasteiger charge is -2.15. The topological polar surface area (TPSA) is 59.2 Å². The highest BCUT2D eigenvalue weighted by Gasteiger charge is 2.13. The Morgan fingerprint density at radius 1 is 1.10 bits per heavy atom. The Morgan fingerprint density at radius 3 is 2.71 bits per heavy atom. The average molecular weight is 440 g/mol. The quantitative estimate of drug-likeness (QED) is 0.348. The molecule has 0 bridgehead atoms. The van der Waals surface area contributed by atoms with Crippen LogP contribution < -0.4 is 14.8 Å². The van der Waals surface area contributed by atoms with E-state index in [0.29, 0.717) is 28.6 Å². The lowest BCUT2D eigenvalue weighted by molar-refractivity contribution is 0.279. The normalized spacial score (nSPS) is 11.1. The minimum Gasteiger partial charge on any atom is -0.493 e. The average Bonchev–Trinajstić information content (AvgIpc) is 3.19. The van der Waals surface area contributed by atoms with Crippen LogP contribution >= 0.6 is 11.6 Å². The van der Waals surface area contributed by atoms with Crippen molar-refractivity contribution in [3.63, 3.8) is 0 Å². The van der Waals surface area contributed by atoms with E-state index < -0.39 is 0 Å². The summed E-state index contributed by atoms with van der Waals surface area (Å²) >= 11 is 6.43. The van der Waals surface area contributed by atoms with E-state index in [0.717, 1.165) is 35.4 Å². The van der Waals surface area contributed by atoms with Crippen molar-refractivity contribution in [2.24, 2.45) is 0 Å². The van der Waals surface area contributed by atoms with Crippen molar-refractivity contribution < 1.29 is 13.9 Å². The van der Waals surface area contributed by atoms with Crippen molar-refractivity contribution in [1.29, 1.82) is 0 Å². The van der Waals surface area contributed by atoms with E-state index in [1.54, 1.807) is 25.3 Å². The molecule has 0 saturated heterocycles. The molecular formula is C24H23ClFN3O2. The van der Waals surface area contributed by atoms with Crippen LogP contribution in [0, 0.1) is 5.82 Å². The van der Waals surface area contributed by atoms with E-state index >= 15 is 0 Å². The Kier molecular flexibility index (Phi) is 6.70. The molecule has 0 atom stereocenters. The molecule has 160 valence electrons. The molecule has 1 aromatic heterocycles. The van der Waals surface area contributed by atoms with Gasteiger partial charge in [0.15, 0.2) is 11.5 Å². The van der Waals surface area contributed by atoms with E-state index in [9.17, 15) is 4.39 Å². The van der Waals surface area contributed by atoms with Crippen LogP contribution in [-0.2, 0) is 19.6 Å². The van der Waals surface area contributed by atoms with Gasteiger partial charge in [-0.3, -0.25) is 0 Å². The third-order valence-corrected chi connectivity index (χ3v) is 5.21. The van der Waals surface area contributed by atoms with Gasteiger partial charge in [0.2, 0.25) is 0 Å². The van der Waals surface area contributed by atoms with Gasteiger partial charge in [0.25, 0.3) is 0 Å². The number of fused-ring (bicyclic) bond motifs is 1. The number of nitrogens with zero attached hydrogens (tertiary/aromatic N) is 1. The number of H-pyrrole nitrogens is 1. The van der Waals surface area contributed by atoms with E-state index in [2.05, 4.69) is 15.3 Å². The van der Waals surface area contributed by atoms with Gasteiger partial charge in [-0.05, 0) is 35.9 Å². The second-order valence-corrected chi connectivity index (χ2v) is 7.52. The lowest BCUT2D eigenvalue weighted by Crippen LogP contribution is -2.17. The molecule has 0 aliphatic heterocycles. The van der Waals surface area contributed by atoms with E-state index in [1.807, 2.05) is 36.4 Å². The number of para-hydroxylation sites is 2. The number of nitrogens with one attached hydrogen (secondary N) is 2. The lowest BCUT2D eigenvalue weighted by atomic mass is 10.2. The first kappa shape index (κ1) is 21.2. The molecule has 31 heavy (non-hydrogen) atoms. The van der Waals surface area contributed by atoms with Gasteiger partial charge >= 0.3 is 0 Å². The van der Waals surface area contributed by atoms with Crippen molar-refractivity contribution in [2.75, 3.05) is 13.7 Å². The standard InChI is InChI=1S/C24H23ClFN3O2/c1-30-22-13-16(12-18(25)24(22)31-15-17-6-2-3-7-19(17)26)14-27-11-10-23-28-20-8-4-5-9-21(20)29-23/h2-9,12-13,27H,10-11,14-15H2,1H3,(H,28,29). The molecule has 0 radical (unpaired) electrons. The number of hydrogen-bond acceptors (Lipinski definition) is 4. The summed E-state index contributed by atoms with van der Waals surface area (Å²) in [5.74, 6) is 1.54.